The Morgan fingerprint density at radius 3 is 2.72 bits per heavy atom. The molecule has 1 amide bonds. The van der Waals surface area contributed by atoms with E-state index >= 15 is 0 Å². The first kappa shape index (κ1) is 19.7. The molecule has 0 unspecified atom stereocenters. The first-order valence-electron chi connectivity index (χ1n) is 9.44. The predicted molar refractivity (Wildman–Crippen MR) is 122 cm³/mol. The highest BCUT2D eigenvalue weighted by molar-refractivity contribution is 7.99. The van der Waals surface area contributed by atoms with Crippen LogP contribution in [0.5, 0.6) is 0 Å². The average Bonchev–Trinajstić information content (AvgIpc) is 3.32. The van der Waals surface area contributed by atoms with Gasteiger partial charge in [0.15, 0.2) is 11.0 Å². The van der Waals surface area contributed by atoms with Crippen molar-refractivity contribution in [3.8, 4) is 11.4 Å². The summed E-state index contributed by atoms with van der Waals surface area (Å²) in [6, 6.07) is 16.3. The van der Waals surface area contributed by atoms with Gasteiger partial charge in [0, 0.05) is 32.9 Å². The van der Waals surface area contributed by atoms with Gasteiger partial charge in [-0.15, -0.1) is 21.5 Å². The van der Waals surface area contributed by atoms with Gasteiger partial charge >= 0.3 is 0 Å². The number of amides is 1. The Morgan fingerprint density at radius 1 is 1.17 bits per heavy atom. The van der Waals surface area contributed by atoms with E-state index < -0.39 is 0 Å². The average molecular weight is 423 g/mol. The zero-order valence-electron chi connectivity index (χ0n) is 16.5. The molecule has 0 aliphatic rings. The highest BCUT2D eigenvalue weighted by Gasteiger charge is 2.18. The summed E-state index contributed by atoms with van der Waals surface area (Å²) in [5.74, 6) is 1.07. The van der Waals surface area contributed by atoms with E-state index in [1.807, 2.05) is 42.5 Å². The number of hydrogen-bond donors (Lipinski definition) is 1. The maximum atomic E-state index is 12.6. The third-order valence-corrected chi connectivity index (χ3v) is 6.37. The molecule has 0 saturated carbocycles. The minimum absolute atomic E-state index is 0.0578. The molecule has 0 atom stereocenters. The highest BCUT2D eigenvalue weighted by atomic mass is 32.2. The SMILES string of the molecule is Cc1cc(-c2nnc(SCC(=O)Nc3cccc4ccccc34)n2C(C)C)cs1. The molecule has 0 spiro atoms. The van der Waals surface area contributed by atoms with Gasteiger partial charge in [-0.3, -0.25) is 9.36 Å². The lowest BCUT2D eigenvalue weighted by atomic mass is 10.1. The van der Waals surface area contributed by atoms with Gasteiger partial charge in [0.25, 0.3) is 0 Å². The molecule has 7 heteroatoms. The number of anilines is 1. The number of fused-ring (bicyclic) bond motifs is 1. The Balaban J connectivity index is 1.50. The molecule has 0 aliphatic heterocycles. The quantitative estimate of drug-likeness (QED) is 0.400. The highest BCUT2D eigenvalue weighted by Crippen LogP contribution is 2.30. The van der Waals surface area contributed by atoms with Crippen molar-refractivity contribution in [1.82, 2.24) is 14.8 Å². The Morgan fingerprint density at radius 2 is 1.97 bits per heavy atom. The van der Waals surface area contributed by atoms with Gasteiger partial charge in [0.1, 0.15) is 0 Å². The van der Waals surface area contributed by atoms with Crippen LogP contribution in [0, 0.1) is 6.92 Å². The summed E-state index contributed by atoms with van der Waals surface area (Å²) in [5.41, 5.74) is 1.90. The molecule has 2 aromatic carbocycles. The summed E-state index contributed by atoms with van der Waals surface area (Å²) in [7, 11) is 0. The van der Waals surface area contributed by atoms with Crippen molar-refractivity contribution in [2.75, 3.05) is 11.1 Å². The number of hydrogen-bond acceptors (Lipinski definition) is 5. The smallest absolute Gasteiger partial charge is 0.234 e. The number of carbonyl (C=O) groups excluding carboxylic acids is 1. The van der Waals surface area contributed by atoms with Gasteiger partial charge in [-0.25, -0.2) is 0 Å². The number of nitrogens with zero attached hydrogens (tertiary/aromatic N) is 3. The number of thioether (sulfide) groups is 1. The standard InChI is InChI=1S/C22H22N4OS2/c1-14(2)26-21(17-11-15(3)28-12-17)24-25-22(26)29-13-20(27)23-19-10-6-8-16-7-4-5-9-18(16)19/h4-12,14H,13H2,1-3H3,(H,23,27). The fourth-order valence-electron chi connectivity index (χ4n) is 3.25. The van der Waals surface area contributed by atoms with Gasteiger partial charge in [0.05, 0.1) is 5.75 Å². The topological polar surface area (TPSA) is 59.8 Å². The molecule has 29 heavy (non-hydrogen) atoms. The summed E-state index contributed by atoms with van der Waals surface area (Å²) in [6.45, 7) is 6.29. The third-order valence-electron chi connectivity index (χ3n) is 4.57. The van der Waals surface area contributed by atoms with Crippen LogP contribution in [-0.4, -0.2) is 26.4 Å². The monoisotopic (exact) mass is 422 g/mol. The maximum absolute atomic E-state index is 12.6. The minimum atomic E-state index is -0.0578. The number of nitrogens with one attached hydrogen (secondary N) is 1. The van der Waals surface area contributed by atoms with Crippen LogP contribution in [0.3, 0.4) is 0 Å². The Bertz CT molecular complexity index is 1160. The number of aryl methyl sites for hydroxylation is 1. The number of carbonyl (C=O) groups is 1. The van der Waals surface area contributed by atoms with E-state index in [0.717, 1.165) is 33.0 Å². The van der Waals surface area contributed by atoms with Crippen molar-refractivity contribution in [2.45, 2.75) is 32.0 Å². The predicted octanol–water partition coefficient (Wildman–Crippen LogP) is 5.78. The molecule has 2 aromatic heterocycles. The number of benzene rings is 2. The minimum Gasteiger partial charge on any atom is -0.325 e. The van der Waals surface area contributed by atoms with E-state index in [0.29, 0.717) is 0 Å². The largest absolute Gasteiger partial charge is 0.325 e. The van der Waals surface area contributed by atoms with Crippen LogP contribution in [0.25, 0.3) is 22.2 Å². The van der Waals surface area contributed by atoms with E-state index in [9.17, 15) is 4.79 Å². The molecule has 2 heterocycles. The molecule has 0 bridgehead atoms. The fraction of sp³-hybridized carbons (Fsp3) is 0.227. The lowest BCUT2D eigenvalue weighted by Crippen LogP contribution is -2.15. The second-order valence-electron chi connectivity index (χ2n) is 7.08. The van der Waals surface area contributed by atoms with Crippen LogP contribution >= 0.6 is 23.1 Å². The van der Waals surface area contributed by atoms with E-state index in [-0.39, 0.29) is 17.7 Å². The molecule has 5 nitrogen and oxygen atoms in total. The van der Waals surface area contributed by atoms with Crippen molar-refractivity contribution in [1.29, 1.82) is 0 Å². The molecule has 0 aliphatic carbocycles. The number of rotatable bonds is 6. The van der Waals surface area contributed by atoms with Crippen LogP contribution in [0.1, 0.15) is 24.8 Å². The molecule has 0 radical (unpaired) electrons. The third kappa shape index (κ3) is 4.21. The Kier molecular flexibility index (Phi) is 5.69. The zero-order valence-corrected chi connectivity index (χ0v) is 18.2. The normalized spacial score (nSPS) is 11.3. The molecular weight excluding hydrogens is 400 g/mol. The van der Waals surface area contributed by atoms with Crippen LogP contribution < -0.4 is 5.32 Å². The van der Waals surface area contributed by atoms with Gasteiger partial charge in [-0.1, -0.05) is 48.2 Å². The van der Waals surface area contributed by atoms with Crippen molar-refractivity contribution < 1.29 is 4.79 Å². The second kappa shape index (κ2) is 8.39. The Hall–Kier alpha value is -2.64. The summed E-state index contributed by atoms with van der Waals surface area (Å²) >= 11 is 3.11. The van der Waals surface area contributed by atoms with E-state index in [4.69, 9.17) is 0 Å². The first-order chi connectivity index (χ1) is 14.0. The maximum Gasteiger partial charge on any atom is 0.234 e. The number of thiophene rings is 1. The second-order valence-corrected chi connectivity index (χ2v) is 9.14. The Labute approximate surface area is 178 Å². The molecule has 4 rings (SSSR count). The van der Waals surface area contributed by atoms with Crippen LogP contribution in [0.4, 0.5) is 5.69 Å². The number of aromatic nitrogens is 3. The van der Waals surface area contributed by atoms with Crippen molar-refractivity contribution in [3.63, 3.8) is 0 Å². The molecule has 1 N–H and O–H groups in total. The molecule has 4 aromatic rings. The van der Waals surface area contributed by atoms with E-state index in [1.165, 1.54) is 16.6 Å². The molecule has 0 fully saturated rings. The van der Waals surface area contributed by atoms with E-state index in [1.54, 1.807) is 11.3 Å². The summed E-state index contributed by atoms with van der Waals surface area (Å²) < 4.78 is 2.09. The molecule has 148 valence electrons. The van der Waals surface area contributed by atoms with Gasteiger partial charge < -0.3 is 5.32 Å². The van der Waals surface area contributed by atoms with E-state index in [2.05, 4.69) is 52.3 Å². The lowest BCUT2D eigenvalue weighted by Gasteiger charge is -2.13. The zero-order chi connectivity index (χ0) is 20.4. The van der Waals surface area contributed by atoms with Crippen LogP contribution in [-0.2, 0) is 4.79 Å². The van der Waals surface area contributed by atoms with Crippen LogP contribution in [0.15, 0.2) is 59.1 Å². The van der Waals surface area contributed by atoms with Gasteiger partial charge in [-0.2, -0.15) is 0 Å². The summed E-state index contributed by atoms with van der Waals surface area (Å²) in [4.78, 5) is 13.8. The summed E-state index contributed by atoms with van der Waals surface area (Å²) in [6.07, 6.45) is 0. The lowest BCUT2D eigenvalue weighted by molar-refractivity contribution is -0.113. The van der Waals surface area contributed by atoms with Gasteiger partial charge in [0.2, 0.25) is 5.91 Å². The van der Waals surface area contributed by atoms with Crippen LogP contribution in [0.2, 0.25) is 0 Å². The van der Waals surface area contributed by atoms with Crippen molar-refractivity contribution >= 4 is 45.5 Å². The molecule has 0 saturated heterocycles. The van der Waals surface area contributed by atoms with Crippen molar-refractivity contribution in [2.24, 2.45) is 0 Å². The summed E-state index contributed by atoms with van der Waals surface area (Å²) in [5, 5.41) is 16.8. The van der Waals surface area contributed by atoms with Gasteiger partial charge in [-0.05, 0) is 38.3 Å². The molecular formula is C22H22N4OS2. The fourth-order valence-corrected chi connectivity index (χ4v) is 4.80. The van der Waals surface area contributed by atoms with Crippen molar-refractivity contribution in [3.05, 3.63) is 58.8 Å². The first-order valence-corrected chi connectivity index (χ1v) is 11.3.